The molecule has 0 saturated carbocycles. The summed E-state index contributed by atoms with van der Waals surface area (Å²) in [5, 5.41) is 7.48. The van der Waals surface area contributed by atoms with Crippen LogP contribution < -0.4 is 22.5 Å². The second-order valence-electron chi connectivity index (χ2n) is 3.07. The molecule has 1 heterocycles. The van der Waals surface area contributed by atoms with Crippen molar-refractivity contribution in [3.8, 4) is 0 Å². The van der Waals surface area contributed by atoms with Gasteiger partial charge >= 0.3 is 0 Å². The van der Waals surface area contributed by atoms with Gasteiger partial charge in [-0.15, -0.1) is 0 Å². The number of aromatic nitrogens is 2. The molecule has 0 atom stereocenters. The first-order valence-electron chi connectivity index (χ1n) is 4.38. The topological polar surface area (TPSA) is 136 Å². The molecule has 16 heavy (non-hydrogen) atoms. The maximum Gasteiger partial charge on any atom is 0.267 e. The van der Waals surface area contributed by atoms with Gasteiger partial charge in [0.05, 0.1) is 22.5 Å². The second kappa shape index (κ2) is 4.64. The smallest absolute Gasteiger partial charge is 0.267 e. The summed E-state index contributed by atoms with van der Waals surface area (Å²) in [5.74, 6) is 8.81. The maximum atomic E-state index is 11.5. The van der Waals surface area contributed by atoms with Crippen molar-refractivity contribution >= 4 is 11.8 Å². The van der Waals surface area contributed by atoms with Gasteiger partial charge in [0, 0.05) is 0 Å². The largest absolute Gasteiger partial charge is 0.290 e. The summed E-state index contributed by atoms with van der Waals surface area (Å²) < 4.78 is 0. The van der Waals surface area contributed by atoms with Crippen LogP contribution in [0.1, 0.15) is 32.1 Å². The Labute approximate surface area is 91.3 Å². The van der Waals surface area contributed by atoms with Gasteiger partial charge in [-0.1, -0.05) is 0 Å². The molecule has 0 bridgehead atoms. The van der Waals surface area contributed by atoms with Crippen LogP contribution in [0.15, 0.2) is 0 Å². The number of carbonyl (C=O) groups is 2. The van der Waals surface area contributed by atoms with Crippen LogP contribution in [-0.4, -0.2) is 22.0 Å². The number of rotatable bonds is 2. The molecule has 2 amide bonds. The Balaban J connectivity index is 3.49. The molecule has 0 spiro atoms. The van der Waals surface area contributed by atoms with Crippen LogP contribution >= 0.6 is 0 Å². The minimum absolute atomic E-state index is 0.0675. The molecular weight excluding hydrogens is 212 g/mol. The summed E-state index contributed by atoms with van der Waals surface area (Å²) in [6.07, 6.45) is 0. The molecule has 86 valence electrons. The number of hydrogen-bond donors (Lipinski definition) is 4. The molecule has 0 aliphatic carbocycles. The molecule has 1 aromatic heterocycles. The van der Waals surface area contributed by atoms with Crippen LogP contribution in [0.5, 0.6) is 0 Å². The van der Waals surface area contributed by atoms with E-state index in [9.17, 15) is 9.59 Å². The fraction of sp³-hybridized carbons (Fsp3) is 0.250. The summed E-state index contributed by atoms with van der Waals surface area (Å²) in [4.78, 5) is 23.0. The average Bonchev–Trinajstić information content (AvgIpc) is 2.29. The zero-order chi connectivity index (χ0) is 12.3. The van der Waals surface area contributed by atoms with Gasteiger partial charge < -0.3 is 0 Å². The van der Waals surface area contributed by atoms with E-state index in [0.29, 0.717) is 11.4 Å². The first-order valence-corrected chi connectivity index (χ1v) is 4.38. The Kier molecular flexibility index (Phi) is 3.48. The minimum Gasteiger partial charge on any atom is -0.290 e. The van der Waals surface area contributed by atoms with Crippen molar-refractivity contribution in [1.29, 1.82) is 0 Å². The Morgan fingerprint density at radius 3 is 1.50 bits per heavy atom. The van der Waals surface area contributed by atoms with E-state index >= 15 is 0 Å². The summed E-state index contributed by atoms with van der Waals surface area (Å²) >= 11 is 0. The number of aryl methyl sites for hydroxylation is 2. The minimum atomic E-state index is -0.617. The zero-order valence-corrected chi connectivity index (χ0v) is 8.87. The van der Waals surface area contributed by atoms with E-state index in [0.717, 1.165) is 0 Å². The normalized spacial score (nSPS) is 9.75. The third kappa shape index (κ3) is 1.97. The van der Waals surface area contributed by atoms with E-state index in [1.54, 1.807) is 13.8 Å². The standard InChI is InChI=1S/C8H12N6O2/c1-3-5(7(15)11-9)6(8(16)12-10)4(2)14-13-3/h9-10H2,1-2H3,(H,11,15)(H,12,16). The SMILES string of the molecule is Cc1nnc(C)c(C(=O)NN)c1C(=O)NN. The first kappa shape index (κ1) is 12.0. The van der Waals surface area contributed by atoms with Crippen molar-refractivity contribution in [1.82, 2.24) is 21.0 Å². The van der Waals surface area contributed by atoms with Gasteiger partial charge in [-0.2, -0.15) is 10.2 Å². The van der Waals surface area contributed by atoms with E-state index in [1.165, 1.54) is 0 Å². The number of nitrogens with zero attached hydrogens (tertiary/aromatic N) is 2. The first-order chi connectivity index (χ1) is 7.52. The predicted molar refractivity (Wildman–Crippen MR) is 54.8 cm³/mol. The third-order valence-electron chi connectivity index (χ3n) is 2.04. The molecule has 6 N–H and O–H groups in total. The Morgan fingerprint density at radius 2 is 1.25 bits per heavy atom. The zero-order valence-electron chi connectivity index (χ0n) is 8.87. The number of nitrogens with one attached hydrogen (secondary N) is 2. The van der Waals surface area contributed by atoms with Gasteiger partial charge in [-0.25, -0.2) is 11.7 Å². The van der Waals surface area contributed by atoms with Crippen LogP contribution in [0.4, 0.5) is 0 Å². The molecule has 0 aliphatic heterocycles. The highest BCUT2D eigenvalue weighted by atomic mass is 16.2. The van der Waals surface area contributed by atoms with Gasteiger partial charge in [-0.05, 0) is 13.8 Å². The van der Waals surface area contributed by atoms with E-state index in [1.807, 2.05) is 10.9 Å². The number of hydrazine groups is 2. The molecule has 0 fully saturated rings. The van der Waals surface area contributed by atoms with Gasteiger partial charge in [0.2, 0.25) is 0 Å². The average molecular weight is 224 g/mol. The fourth-order valence-corrected chi connectivity index (χ4v) is 1.31. The van der Waals surface area contributed by atoms with Crippen molar-refractivity contribution in [3.05, 3.63) is 22.5 Å². The number of hydrogen-bond acceptors (Lipinski definition) is 6. The molecule has 0 saturated heterocycles. The Morgan fingerprint density at radius 1 is 0.938 bits per heavy atom. The summed E-state index contributed by atoms with van der Waals surface area (Å²) in [6.45, 7) is 3.09. The van der Waals surface area contributed by atoms with E-state index in [-0.39, 0.29) is 11.1 Å². The lowest BCUT2D eigenvalue weighted by molar-refractivity contribution is 0.0917. The van der Waals surface area contributed by atoms with Gasteiger partial charge in [-0.3, -0.25) is 20.4 Å². The molecule has 8 nitrogen and oxygen atoms in total. The van der Waals surface area contributed by atoms with Crippen LogP contribution in [0.3, 0.4) is 0 Å². The predicted octanol–water partition coefficient (Wildman–Crippen LogP) is -1.70. The van der Waals surface area contributed by atoms with Crippen LogP contribution in [0, 0.1) is 13.8 Å². The molecule has 0 unspecified atom stereocenters. The van der Waals surface area contributed by atoms with Crippen LogP contribution in [-0.2, 0) is 0 Å². The monoisotopic (exact) mass is 224 g/mol. The number of amides is 2. The summed E-state index contributed by atoms with van der Waals surface area (Å²) in [7, 11) is 0. The number of carbonyl (C=O) groups excluding carboxylic acids is 2. The maximum absolute atomic E-state index is 11.5. The molecule has 1 rings (SSSR count). The molecule has 1 aromatic rings. The molecular formula is C8H12N6O2. The van der Waals surface area contributed by atoms with Crippen LogP contribution in [0.25, 0.3) is 0 Å². The highest BCUT2D eigenvalue weighted by Crippen LogP contribution is 2.14. The van der Waals surface area contributed by atoms with E-state index in [2.05, 4.69) is 10.2 Å². The molecule has 0 aliphatic rings. The molecule has 0 radical (unpaired) electrons. The lowest BCUT2D eigenvalue weighted by Gasteiger charge is -2.10. The van der Waals surface area contributed by atoms with Crippen molar-refractivity contribution < 1.29 is 9.59 Å². The highest BCUT2D eigenvalue weighted by molar-refractivity contribution is 6.08. The number of nitrogens with two attached hydrogens (primary N) is 2. The van der Waals surface area contributed by atoms with Gasteiger partial charge in [0.15, 0.2) is 0 Å². The molecule has 8 heteroatoms. The van der Waals surface area contributed by atoms with Crippen molar-refractivity contribution in [2.45, 2.75) is 13.8 Å². The summed E-state index contributed by atoms with van der Waals surface area (Å²) in [5.41, 5.74) is 4.61. The Bertz CT molecular complexity index is 403. The lowest BCUT2D eigenvalue weighted by Crippen LogP contribution is -2.37. The quantitative estimate of drug-likeness (QED) is 0.268. The fourth-order valence-electron chi connectivity index (χ4n) is 1.31. The third-order valence-corrected chi connectivity index (χ3v) is 2.04. The molecule has 0 aromatic carbocycles. The lowest BCUT2D eigenvalue weighted by atomic mass is 10.0. The number of nitrogen functional groups attached to an aromatic ring is 2. The van der Waals surface area contributed by atoms with Crippen molar-refractivity contribution in [3.63, 3.8) is 0 Å². The van der Waals surface area contributed by atoms with Crippen molar-refractivity contribution in [2.75, 3.05) is 0 Å². The Hall–Kier alpha value is -2.06. The second-order valence-corrected chi connectivity index (χ2v) is 3.07. The van der Waals surface area contributed by atoms with Crippen LogP contribution in [0.2, 0.25) is 0 Å². The van der Waals surface area contributed by atoms with E-state index in [4.69, 9.17) is 11.7 Å². The highest BCUT2D eigenvalue weighted by Gasteiger charge is 2.22. The van der Waals surface area contributed by atoms with Gasteiger partial charge in [0.25, 0.3) is 11.8 Å². The van der Waals surface area contributed by atoms with Crippen molar-refractivity contribution in [2.24, 2.45) is 11.7 Å². The van der Waals surface area contributed by atoms with E-state index < -0.39 is 11.8 Å². The summed E-state index contributed by atoms with van der Waals surface area (Å²) in [6, 6.07) is 0. The van der Waals surface area contributed by atoms with Gasteiger partial charge in [0.1, 0.15) is 0 Å².